The number of rotatable bonds is 20. The highest BCUT2D eigenvalue weighted by Crippen LogP contribution is 2.26. The Bertz CT molecular complexity index is 1390. The molecule has 1 heterocycles. The van der Waals surface area contributed by atoms with Crippen molar-refractivity contribution in [1.82, 2.24) is 4.57 Å². The maximum atomic E-state index is 12.7. The minimum Gasteiger partial charge on any atom is -0.494 e. The lowest BCUT2D eigenvalue weighted by molar-refractivity contribution is -0.151. The van der Waals surface area contributed by atoms with Gasteiger partial charge in [-0.25, -0.2) is 4.79 Å². The summed E-state index contributed by atoms with van der Waals surface area (Å²) in [5.74, 6) is 1.25. The predicted molar refractivity (Wildman–Crippen MR) is 184 cm³/mol. The summed E-state index contributed by atoms with van der Waals surface area (Å²) in [5.41, 5.74) is 5.81. The van der Waals surface area contributed by atoms with E-state index in [0.29, 0.717) is 18.8 Å². The third kappa shape index (κ3) is 11.1. The lowest BCUT2D eigenvalue weighted by Gasteiger charge is -2.18. The van der Waals surface area contributed by atoms with Gasteiger partial charge in [0.2, 0.25) is 0 Å². The first kappa shape index (κ1) is 33.9. The highest BCUT2D eigenvalue weighted by atomic mass is 16.6. The summed E-state index contributed by atoms with van der Waals surface area (Å²) in [5, 5.41) is 0. The largest absolute Gasteiger partial charge is 0.494 e. The monoisotopic (exact) mass is 609 g/mol. The molecule has 0 aliphatic rings. The van der Waals surface area contributed by atoms with Gasteiger partial charge >= 0.3 is 5.97 Å². The molecule has 0 amide bonds. The van der Waals surface area contributed by atoms with E-state index >= 15 is 0 Å². The van der Waals surface area contributed by atoms with Gasteiger partial charge in [-0.2, -0.15) is 0 Å². The van der Waals surface area contributed by atoms with E-state index < -0.39 is 6.10 Å². The summed E-state index contributed by atoms with van der Waals surface area (Å²) in [6.07, 6.45) is 11.1. The molecule has 0 unspecified atom stereocenters. The Morgan fingerprint density at radius 2 is 1.38 bits per heavy atom. The molecule has 0 spiro atoms. The van der Waals surface area contributed by atoms with Crippen LogP contribution in [-0.4, -0.2) is 29.9 Å². The van der Waals surface area contributed by atoms with Gasteiger partial charge in [0.25, 0.3) is 0 Å². The zero-order valence-corrected chi connectivity index (χ0v) is 27.5. The van der Waals surface area contributed by atoms with Crippen molar-refractivity contribution in [3.63, 3.8) is 0 Å². The van der Waals surface area contributed by atoms with E-state index in [1.54, 1.807) is 0 Å². The molecule has 1 aromatic heterocycles. The number of nitrogens with zero attached hydrogens (tertiary/aromatic N) is 1. The normalized spacial score (nSPS) is 11.7. The van der Waals surface area contributed by atoms with E-state index in [0.717, 1.165) is 48.6 Å². The van der Waals surface area contributed by atoms with Crippen molar-refractivity contribution >= 4 is 5.97 Å². The first-order valence-electron chi connectivity index (χ1n) is 16.9. The van der Waals surface area contributed by atoms with Crippen molar-refractivity contribution in [1.29, 1.82) is 0 Å². The zero-order valence-electron chi connectivity index (χ0n) is 27.5. The molecule has 5 heteroatoms. The summed E-state index contributed by atoms with van der Waals surface area (Å²) >= 11 is 0. The highest BCUT2D eigenvalue weighted by Gasteiger charge is 2.22. The van der Waals surface area contributed by atoms with Crippen molar-refractivity contribution < 1.29 is 19.0 Å². The summed E-state index contributed by atoms with van der Waals surface area (Å²) in [4.78, 5) is 12.7. The molecule has 240 valence electrons. The van der Waals surface area contributed by atoms with Gasteiger partial charge in [0.05, 0.1) is 13.2 Å². The van der Waals surface area contributed by atoms with E-state index in [1.807, 2.05) is 49.4 Å². The quantitative estimate of drug-likeness (QED) is 0.0739. The SMILES string of the molecule is CCCCCCCCCCOc1ccc(CCn2c(C)ccc2-c2ccc(O[C@H](Cc3ccccc3)C(=O)OCC)cc2)cc1. The third-order valence-corrected chi connectivity index (χ3v) is 8.25. The van der Waals surface area contributed by atoms with Crippen molar-refractivity contribution in [2.75, 3.05) is 13.2 Å². The van der Waals surface area contributed by atoms with Crippen LogP contribution in [0.4, 0.5) is 0 Å². The highest BCUT2D eigenvalue weighted by molar-refractivity contribution is 5.75. The first-order valence-corrected chi connectivity index (χ1v) is 16.9. The molecular weight excluding hydrogens is 558 g/mol. The van der Waals surface area contributed by atoms with Crippen molar-refractivity contribution in [2.45, 2.75) is 97.6 Å². The second kappa shape index (κ2) is 18.7. The van der Waals surface area contributed by atoms with Gasteiger partial charge in [-0.15, -0.1) is 0 Å². The maximum Gasteiger partial charge on any atom is 0.347 e. The van der Waals surface area contributed by atoms with Crippen LogP contribution < -0.4 is 9.47 Å². The fourth-order valence-electron chi connectivity index (χ4n) is 5.64. The average Bonchev–Trinajstić information content (AvgIpc) is 3.44. The van der Waals surface area contributed by atoms with Crippen LogP contribution in [0.5, 0.6) is 11.5 Å². The van der Waals surface area contributed by atoms with Crippen LogP contribution in [0, 0.1) is 6.92 Å². The van der Waals surface area contributed by atoms with Crippen LogP contribution in [0.15, 0.2) is 91.0 Å². The van der Waals surface area contributed by atoms with E-state index in [-0.39, 0.29) is 5.97 Å². The topological polar surface area (TPSA) is 49.7 Å². The van der Waals surface area contributed by atoms with Crippen LogP contribution >= 0.6 is 0 Å². The number of benzene rings is 3. The molecule has 0 N–H and O–H groups in total. The fraction of sp³-hybridized carbons (Fsp3) is 0.425. The Labute approximate surface area is 270 Å². The molecule has 4 rings (SSSR count). The van der Waals surface area contributed by atoms with E-state index in [4.69, 9.17) is 14.2 Å². The molecule has 3 aromatic carbocycles. The number of carbonyl (C=O) groups is 1. The second-order valence-corrected chi connectivity index (χ2v) is 11.8. The summed E-state index contributed by atoms with van der Waals surface area (Å²) < 4.78 is 19.8. The smallest absolute Gasteiger partial charge is 0.347 e. The van der Waals surface area contributed by atoms with Gasteiger partial charge in [-0.1, -0.05) is 94.3 Å². The minimum absolute atomic E-state index is 0.319. The minimum atomic E-state index is -0.703. The molecule has 0 aliphatic carbocycles. The van der Waals surface area contributed by atoms with Crippen LogP contribution in [0.3, 0.4) is 0 Å². The molecule has 4 aromatic rings. The molecule has 5 nitrogen and oxygen atoms in total. The standard InChI is InChI=1S/C40H51NO4/c1-4-6-7-8-9-10-11-15-30-44-36-23-19-33(20-24-36)28-29-41-32(3)18-27-38(41)35-21-25-37(26-22-35)45-39(40(42)43-5-2)31-34-16-13-12-14-17-34/h12-14,16-27,39H,4-11,15,28-31H2,1-3H3/t39-/m1/s1. The summed E-state index contributed by atoms with van der Waals surface area (Å²) in [7, 11) is 0. The Morgan fingerprint density at radius 1 is 0.711 bits per heavy atom. The van der Waals surface area contributed by atoms with Crippen LogP contribution in [0.25, 0.3) is 11.3 Å². The van der Waals surface area contributed by atoms with E-state index in [1.165, 1.54) is 56.2 Å². The molecule has 0 aliphatic heterocycles. The lowest BCUT2D eigenvalue weighted by atomic mass is 10.1. The number of aromatic nitrogens is 1. The van der Waals surface area contributed by atoms with Crippen molar-refractivity contribution in [2.24, 2.45) is 0 Å². The Hall–Kier alpha value is -3.99. The summed E-state index contributed by atoms with van der Waals surface area (Å²) in [6, 6.07) is 30.8. The number of ether oxygens (including phenoxy) is 3. The number of carbonyl (C=O) groups excluding carboxylic acids is 1. The van der Waals surface area contributed by atoms with Gasteiger partial charge in [-0.05, 0) is 91.9 Å². The van der Waals surface area contributed by atoms with Crippen molar-refractivity contribution in [3.05, 3.63) is 108 Å². The second-order valence-electron chi connectivity index (χ2n) is 11.8. The van der Waals surface area contributed by atoms with Crippen LogP contribution in [0.1, 0.15) is 82.0 Å². The number of hydrogen-bond acceptors (Lipinski definition) is 4. The third-order valence-electron chi connectivity index (χ3n) is 8.25. The molecular formula is C40H51NO4. The lowest BCUT2D eigenvalue weighted by Crippen LogP contribution is -2.31. The van der Waals surface area contributed by atoms with Gasteiger partial charge in [-0.3, -0.25) is 0 Å². The zero-order chi connectivity index (χ0) is 31.7. The summed E-state index contributed by atoms with van der Waals surface area (Å²) in [6.45, 7) is 8.22. The average molecular weight is 610 g/mol. The Balaban J connectivity index is 1.28. The number of unbranched alkanes of at least 4 members (excludes halogenated alkanes) is 7. The van der Waals surface area contributed by atoms with E-state index in [9.17, 15) is 4.79 Å². The van der Waals surface area contributed by atoms with Crippen LogP contribution in [0.2, 0.25) is 0 Å². The Kier molecular flexibility index (Phi) is 14.1. The first-order chi connectivity index (χ1) is 22.1. The number of hydrogen-bond donors (Lipinski definition) is 0. The van der Waals surface area contributed by atoms with Crippen molar-refractivity contribution in [3.8, 4) is 22.8 Å². The van der Waals surface area contributed by atoms with Gasteiger partial charge in [0.15, 0.2) is 6.10 Å². The molecule has 0 bridgehead atoms. The fourth-order valence-corrected chi connectivity index (χ4v) is 5.64. The molecule has 0 fully saturated rings. The van der Waals surface area contributed by atoms with E-state index in [2.05, 4.69) is 66.9 Å². The predicted octanol–water partition coefficient (Wildman–Crippen LogP) is 9.78. The Morgan fingerprint density at radius 3 is 2.07 bits per heavy atom. The van der Waals surface area contributed by atoms with Gasteiger partial charge < -0.3 is 18.8 Å². The molecule has 45 heavy (non-hydrogen) atoms. The maximum absolute atomic E-state index is 12.7. The van der Waals surface area contributed by atoms with Gasteiger partial charge in [0, 0.05) is 24.4 Å². The molecule has 1 atom stereocenters. The molecule has 0 saturated carbocycles. The van der Waals surface area contributed by atoms with Gasteiger partial charge in [0.1, 0.15) is 11.5 Å². The number of esters is 1. The van der Waals surface area contributed by atoms with Crippen LogP contribution in [-0.2, 0) is 28.9 Å². The molecule has 0 radical (unpaired) electrons. The molecule has 0 saturated heterocycles. The number of aryl methyl sites for hydroxylation is 2.